The fourth-order valence-electron chi connectivity index (χ4n) is 2.48. The van der Waals surface area contributed by atoms with Crippen LogP contribution in [0.5, 0.6) is 0 Å². The molecule has 20 heavy (non-hydrogen) atoms. The van der Waals surface area contributed by atoms with Crippen LogP contribution in [0.2, 0.25) is 0 Å². The molecule has 0 bridgehead atoms. The molecule has 0 radical (unpaired) electrons. The monoisotopic (exact) mass is 270 g/mol. The first-order valence-corrected chi connectivity index (χ1v) is 7.80. The fraction of sp³-hybridized carbons (Fsp3) is 0.444. The summed E-state index contributed by atoms with van der Waals surface area (Å²) in [6.07, 6.45) is 7.25. The number of aryl methyl sites for hydroxylation is 2. The van der Waals surface area contributed by atoms with Gasteiger partial charge in [-0.3, -0.25) is 0 Å². The van der Waals surface area contributed by atoms with E-state index < -0.39 is 0 Å². The van der Waals surface area contributed by atoms with Crippen molar-refractivity contribution >= 4 is 5.69 Å². The summed E-state index contributed by atoms with van der Waals surface area (Å²) >= 11 is 0. The minimum Gasteiger partial charge on any atom is -0.379 e. The zero-order valence-corrected chi connectivity index (χ0v) is 12.7. The quantitative estimate of drug-likeness (QED) is 0.678. The summed E-state index contributed by atoms with van der Waals surface area (Å²) in [5.41, 5.74) is 3.98. The third kappa shape index (κ3) is 4.16. The van der Waals surface area contributed by atoms with Crippen molar-refractivity contribution in [3.05, 3.63) is 53.9 Å². The SMILES string of the molecule is CCCCCc1ccc(NCc2cccn2CC)cc1. The molecule has 0 fully saturated rings. The highest BCUT2D eigenvalue weighted by Gasteiger charge is 1.99. The molecular weight excluding hydrogens is 244 g/mol. The Morgan fingerprint density at radius 2 is 1.80 bits per heavy atom. The zero-order valence-electron chi connectivity index (χ0n) is 12.7. The Kier molecular flexibility index (Phi) is 5.72. The molecule has 0 unspecified atom stereocenters. The van der Waals surface area contributed by atoms with E-state index in [0.717, 1.165) is 13.1 Å². The van der Waals surface area contributed by atoms with Crippen LogP contribution in [0.1, 0.15) is 44.4 Å². The topological polar surface area (TPSA) is 17.0 Å². The number of benzene rings is 1. The van der Waals surface area contributed by atoms with Gasteiger partial charge in [-0.1, -0.05) is 31.9 Å². The number of aromatic nitrogens is 1. The molecule has 0 aliphatic rings. The summed E-state index contributed by atoms with van der Waals surface area (Å²) in [5, 5.41) is 3.50. The van der Waals surface area contributed by atoms with E-state index in [4.69, 9.17) is 0 Å². The van der Waals surface area contributed by atoms with E-state index >= 15 is 0 Å². The van der Waals surface area contributed by atoms with Crippen LogP contribution in [0.4, 0.5) is 5.69 Å². The molecule has 0 spiro atoms. The summed E-state index contributed by atoms with van der Waals surface area (Å²) in [7, 11) is 0. The van der Waals surface area contributed by atoms with E-state index in [9.17, 15) is 0 Å². The van der Waals surface area contributed by atoms with E-state index in [1.54, 1.807) is 0 Å². The number of nitrogens with one attached hydrogen (secondary N) is 1. The Morgan fingerprint density at radius 3 is 2.50 bits per heavy atom. The van der Waals surface area contributed by atoms with Crippen molar-refractivity contribution in [2.45, 2.75) is 52.6 Å². The number of hydrogen-bond donors (Lipinski definition) is 1. The Hall–Kier alpha value is -1.70. The van der Waals surface area contributed by atoms with Gasteiger partial charge in [0.05, 0.1) is 6.54 Å². The lowest BCUT2D eigenvalue weighted by Gasteiger charge is -2.10. The van der Waals surface area contributed by atoms with Crippen LogP contribution in [0.15, 0.2) is 42.6 Å². The van der Waals surface area contributed by atoms with Gasteiger partial charge in [0.2, 0.25) is 0 Å². The first-order valence-electron chi connectivity index (χ1n) is 7.80. The standard InChI is InChI=1S/C18H26N2/c1-3-5-6-8-16-10-12-17(13-11-16)19-15-18-9-7-14-20(18)4-2/h7,9-14,19H,3-6,8,15H2,1-2H3. The third-order valence-corrected chi connectivity index (χ3v) is 3.76. The first-order chi connectivity index (χ1) is 9.83. The van der Waals surface area contributed by atoms with E-state index in [1.165, 1.54) is 42.6 Å². The van der Waals surface area contributed by atoms with Gasteiger partial charge in [-0.25, -0.2) is 0 Å². The van der Waals surface area contributed by atoms with Gasteiger partial charge in [-0.2, -0.15) is 0 Å². The second-order valence-electron chi connectivity index (χ2n) is 5.29. The van der Waals surface area contributed by atoms with Gasteiger partial charge < -0.3 is 9.88 Å². The molecule has 2 heteroatoms. The largest absolute Gasteiger partial charge is 0.379 e. The van der Waals surface area contributed by atoms with Gasteiger partial charge in [0, 0.05) is 24.1 Å². The van der Waals surface area contributed by atoms with Crippen LogP contribution < -0.4 is 5.32 Å². The molecule has 1 aromatic carbocycles. The Morgan fingerprint density at radius 1 is 1.00 bits per heavy atom. The molecule has 1 heterocycles. The van der Waals surface area contributed by atoms with Gasteiger partial charge in [0.1, 0.15) is 0 Å². The van der Waals surface area contributed by atoms with Crippen LogP contribution in [0, 0.1) is 0 Å². The first kappa shape index (κ1) is 14.7. The van der Waals surface area contributed by atoms with Crippen LogP contribution in [0.3, 0.4) is 0 Å². The third-order valence-electron chi connectivity index (χ3n) is 3.76. The van der Waals surface area contributed by atoms with E-state index in [0.29, 0.717) is 0 Å². The number of hydrogen-bond acceptors (Lipinski definition) is 1. The molecule has 0 aliphatic heterocycles. The van der Waals surface area contributed by atoms with Gasteiger partial charge in [-0.05, 0) is 49.6 Å². The zero-order chi connectivity index (χ0) is 14.2. The molecule has 0 saturated carbocycles. The molecule has 2 aromatic rings. The van der Waals surface area contributed by atoms with Crippen molar-refractivity contribution in [3.63, 3.8) is 0 Å². The lowest BCUT2D eigenvalue weighted by atomic mass is 10.1. The molecule has 0 saturated heterocycles. The molecule has 2 nitrogen and oxygen atoms in total. The fourth-order valence-corrected chi connectivity index (χ4v) is 2.48. The summed E-state index contributed by atoms with van der Waals surface area (Å²) in [6, 6.07) is 13.2. The minimum absolute atomic E-state index is 0.885. The molecule has 1 aromatic heterocycles. The molecule has 0 atom stereocenters. The lowest BCUT2D eigenvalue weighted by molar-refractivity contribution is 0.717. The van der Waals surface area contributed by atoms with Crippen molar-refractivity contribution in [3.8, 4) is 0 Å². The van der Waals surface area contributed by atoms with Crippen molar-refractivity contribution in [1.82, 2.24) is 4.57 Å². The molecule has 2 rings (SSSR count). The Bertz CT molecular complexity index is 496. The number of rotatable bonds is 8. The van der Waals surface area contributed by atoms with Gasteiger partial charge >= 0.3 is 0 Å². The predicted octanol–water partition coefficient (Wildman–Crippen LogP) is 4.85. The summed E-state index contributed by atoms with van der Waals surface area (Å²) in [5.74, 6) is 0. The maximum absolute atomic E-state index is 3.50. The number of nitrogens with zero attached hydrogens (tertiary/aromatic N) is 1. The van der Waals surface area contributed by atoms with E-state index in [-0.39, 0.29) is 0 Å². The average molecular weight is 270 g/mol. The summed E-state index contributed by atoms with van der Waals surface area (Å²) in [6.45, 7) is 6.34. The highest BCUT2D eigenvalue weighted by molar-refractivity contribution is 5.44. The van der Waals surface area contributed by atoms with Crippen molar-refractivity contribution in [2.24, 2.45) is 0 Å². The van der Waals surface area contributed by atoms with Crippen molar-refractivity contribution in [1.29, 1.82) is 0 Å². The smallest absolute Gasteiger partial charge is 0.0553 e. The second-order valence-corrected chi connectivity index (χ2v) is 5.29. The van der Waals surface area contributed by atoms with Gasteiger partial charge in [-0.15, -0.1) is 0 Å². The van der Waals surface area contributed by atoms with Crippen molar-refractivity contribution < 1.29 is 0 Å². The number of unbranched alkanes of at least 4 members (excludes halogenated alkanes) is 2. The molecule has 0 amide bonds. The summed E-state index contributed by atoms with van der Waals surface area (Å²) in [4.78, 5) is 0. The second kappa shape index (κ2) is 7.78. The van der Waals surface area contributed by atoms with E-state index in [1.807, 2.05) is 0 Å². The van der Waals surface area contributed by atoms with Gasteiger partial charge in [0.25, 0.3) is 0 Å². The summed E-state index contributed by atoms with van der Waals surface area (Å²) < 4.78 is 2.27. The number of anilines is 1. The molecular formula is C18H26N2. The average Bonchev–Trinajstić information content (AvgIpc) is 2.94. The highest BCUT2D eigenvalue weighted by Crippen LogP contribution is 2.13. The molecule has 1 N–H and O–H groups in total. The van der Waals surface area contributed by atoms with Crippen molar-refractivity contribution in [2.75, 3.05) is 5.32 Å². The minimum atomic E-state index is 0.885. The van der Waals surface area contributed by atoms with Crippen LogP contribution in [-0.4, -0.2) is 4.57 Å². The lowest BCUT2D eigenvalue weighted by Crippen LogP contribution is -2.05. The molecule has 0 aliphatic carbocycles. The van der Waals surface area contributed by atoms with Crippen LogP contribution in [0.25, 0.3) is 0 Å². The predicted molar refractivity (Wildman–Crippen MR) is 87.1 cm³/mol. The highest BCUT2D eigenvalue weighted by atomic mass is 15.0. The van der Waals surface area contributed by atoms with E-state index in [2.05, 4.69) is 66.3 Å². The van der Waals surface area contributed by atoms with Gasteiger partial charge in [0.15, 0.2) is 0 Å². The normalized spacial score (nSPS) is 10.7. The molecule has 108 valence electrons. The Labute approximate surface area is 122 Å². The van der Waals surface area contributed by atoms with Crippen LogP contribution >= 0.6 is 0 Å². The maximum atomic E-state index is 3.50. The van der Waals surface area contributed by atoms with Crippen LogP contribution in [-0.2, 0) is 19.5 Å². The maximum Gasteiger partial charge on any atom is 0.0553 e. The Balaban J connectivity index is 1.84.